The number of nitrogen functional groups attached to an aromatic ring is 1. The average Bonchev–Trinajstić information content (AvgIpc) is 2.74. The summed E-state index contributed by atoms with van der Waals surface area (Å²) in [6.07, 6.45) is 1.12. The highest BCUT2D eigenvalue weighted by molar-refractivity contribution is 6.37. The summed E-state index contributed by atoms with van der Waals surface area (Å²) in [6.45, 7) is 0.257. The van der Waals surface area contributed by atoms with E-state index < -0.39 is 23.5 Å². The molecule has 3 aromatic rings. The molecule has 2 heterocycles. The number of alkyl halides is 2. The van der Waals surface area contributed by atoms with Gasteiger partial charge in [0.15, 0.2) is 0 Å². The van der Waals surface area contributed by atoms with Crippen molar-refractivity contribution in [1.29, 1.82) is 0 Å². The highest BCUT2D eigenvalue weighted by Gasteiger charge is 2.21. The van der Waals surface area contributed by atoms with Gasteiger partial charge in [-0.25, -0.2) is 13.8 Å². The molecule has 174 valence electrons. The number of halogens is 4. The lowest BCUT2D eigenvalue weighted by atomic mass is 10.1. The zero-order valence-electron chi connectivity index (χ0n) is 17.3. The van der Waals surface area contributed by atoms with Crippen molar-refractivity contribution < 1.29 is 18.3 Å². The van der Waals surface area contributed by atoms with Crippen LogP contribution in [0.3, 0.4) is 0 Å². The van der Waals surface area contributed by atoms with Gasteiger partial charge in [0.25, 0.3) is 11.5 Å². The quantitative estimate of drug-likeness (QED) is 0.484. The molecule has 0 radical (unpaired) electrons. The fourth-order valence-corrected chi connectivity index (χ4v) is 3.81. The largest absolute Gasteiger partial charge is 0.383 e. The Balaban J connectivity index is 1.95. The molecule has 0 atom stereocenters. The number of benzene rings is 1. The third kappa shape index (κ3) is 5.84. The van der Waals surface area contributed by atoms with Gasteiger partial charge in [-0.3, -0.25) is 19.1 Å². The minimum Gasteiger partial charge on any atom is -0.383 e. The summed E-state index contributed by atoms with van der Waals surface area (Å²) in [5.74, 6) is -1.16. The molecule has 2 aromatic heterocycles. The monoisotopic (exact) mass is 497 g/mol. The summed E-state index contributed by atoms with van der Waals surface area (Å²) in [4.78, 5) is 33.8. The normalized spacial score (nSPS) is 11.1. The zero-order chi connectivity index (χ0) is 24.1. The first-order valence-corrected chi connectivity index (χ1v) is 10.3. The van der Waals surface area contributed by atoms with E-state index in [4.69, 9.17) is 33.7 Å². The lowest BCUT2D eigenvalue weighted by Crippen LogP contribution is -2.31. The second-order valence-electron chi connectivity index (χ2n) is 6.99. The number of pyridine rings is 1. The van der Waals surface area contributed by atoms with Gasteiger partial charge < -0.3 is 15.8 Å². The van der Waals surface area contributed by atoms with Gasteiger partial charge in [0.05, 0.1) is 34.2 Å². The Morgan fingerprint density at radius 2 is 1.91 bits per heavy atom. The maximum absolute atomic E-state index is 13.1. The highest BCUT2D eigenvalue weighted by atomic mass is 35.5. The molecule has 0 bridgehead atoms. The molecule has 1 aromatic carbocycles. The van der Waals surface area contributed by atoms with Gasteiger partial charge in [-0.1, -0.05) is 23.2 Å². The van der Waals surface area contributed by atoms with Crippen LogP contribution >= 0.6 is 23.2 Å². The van der Waals surface area contributed by atoms with Crippen LogP contribution in [0, 0.1) is 0 Å². The molecule has 0 aliphatic heterocycles. The Hall–Kier alpha value is -3.08. The Morgan fingerprint density at radius 1 is 1.21 bits per heavy atom. The van der Waals surface area contributed by atoms with E-state index in [-0.39, 0.29) is 46.7 Å². The summed E-state index contributed by atoms with van der Waals surface area (Å²) >= 11 is 12.7. The summed E-state index contributed by atoms with van der Waals surface area (Å²) in [5, 5.41) is 2.78. The van der Waals surface area contributed by atoms with Crippen molar-refractivity contribution >= 4 is 40.6 Å². The number of aryl methyl sites for hydroxylation is 1. The number of carbonyl (C=O) groups excluding carboxylic acids is 1. The fourth-order valence-electron chi connectivity index (χ4n) is 3.10. The first-order valence-electron chi connectivity index (χ1n) is 9.59. The smallest absolute Gasteiger partial charge is 0.273 e. The van der Waals surface area contributed by atoms with Crippen LogP contribution in [0.5, 0.6) is 0 Å². The van der Waals surface area contributed by atoms with Gasteiger partial charge in [0.1, 0.15) is 17.7 Å². The van der Waals surface area contributed by atoms with Crippen molar-refractivity contribution in [2.24, 2.45) is 0 Å². The fraction of sp³-hybridized carbons (Fsp3) is 0.238. The third-order valence-electron chi connectivity index (χ3n) is 4.56. The predicted molar refractivity (Wildman–Crippen MR) is 121 cm³/mol. The van der Waals surface area contributed by atoms with E-state index in [1.807, 2.05) is 0 Å². The molecule has 3 N–H and O–H groups in total. The van der Waals surface area contributed by atoms with Crippen LogP contribution in [-0.2, 0) is 17.8 Å². The van der Waals surface area contributed by atoms with E-state index in [9.17, 15) is 18.4 Å². The third-order valence-corrected chi connectivity index (χ3v) is 5.14. The lowest BCUT2D eigenvalue weighted by molar-refractivity contribution is 0.102. The summed E-state index contributed by atoms with van der Waals surface area (Å²) in [6, 6.07) is 4.64. The standard InChI is InChI=1S/C21H19Cl2F2N5O3/c1-33-9-12-5-14(22)18(15(23)6-12)30-10-28-19(26)17(21(30)32)20(31)29-13-4-11(7-27-8-13)2-3-16(24)25/h4-8,10,16H,2-3,9,26H2,1H3,(H,29,31). The minimum atomic E-state index is -2.46. The van der Waals surface area contributed by atoms with E-state index in [1.54, 1.807) is 12.1 Å². The Morgan fingerprint density at radius 3 is 2.55 bits per heavy atom. The number of nitrogens with one attached hydrogen (secondary N) is 1. The zero-order valence-corrected chi connectivity index (χ0v) is 18.8. The van der Waals surface area contributed by atoms with Crippen LogP contribution in [0.2, 0.25) is 10.0 Å². The topological polar surface area (TPSA) is 112 Å². The molecule has 0 saturated carbocycles. The summed E-state index contributed by atoms with van der Waals surface area (Å²) < 4.78 is 31.0. The number of anilines is 2. The number of aromatic nitrogens is 3. The van der Waals surface area contributed by atoms with E-state index in [2.05, 4.69) is 15.3 Å². The maximum Gasteiger partial charge on any atom is 0.273 e. The molecular formula is C21H19Cl2F2N5O3. The number of methoxy groups -OCH3 is 1. The maximum atomic E-state index is 13.1. The number of hydrogen-bond acceptors (Lipinski definition) is 6. The molecule has 0 aliphatic carbocycles. The first-order chi connectivity index (χ1) is 15.7. The van der Waals surface area contributed by atoms with Crippen LogP contribution in [0.25, 0.3) is 5.69 Å². The van der Waals surface area contributed by atoms with Crippen molar-refractivity contribution in [2.75, 3.05) is 18.2 Å². The molecule has 0 unspecified atom stereocenters. The van der Waals surface area contributed by atoms with Crippen molar-refractivity contribution in [3.05, 3.63) is 74.0 Å². The highest BCUT2D eigenvalue weighted by Crippen LogP contribution is 2.30. The van der Waals surface area contributed by atoms with Crippen LogP contribution in [-0.4, -0.2) is 34.0 Å². The Labute approximate surface area is 197 Å². The number of amides is 1. The van der Waals surface area contributed by atoms with Gasteiger partial charge >= 0.3 is 0 Å². The van der Waals surface area contributed by atoms with Crippen LogP contribution in [0.15, 0.2) is 41.7 Å². The summed E-state index contributed by atoms with van der Waals surface area (Å²) in [5.41, 5.74) is 6.08. The van der Waals surface area contributed by atoms with Crippen molar-refractivity contribution in [3.8, 4) is 5.69 Å². The van der Waals surface area contributed by atoms with E-state index >= 15 is 0 Å². The van der Waals surface area contributed by atoms with Crippen LogP contribution < -0.4 is 16.6 Å². The lowest BCUT2D eigenvalue weighted by Gasteiger charge is -2.14. The molecule has 0 aliphatic rings. The molecule has 33 heavy (non-hydrogen) atoms. The van der Waals surface area contributed by atoms with E-state index in [0.717, 1.165) is 10.9 Å². The van der Waals surface area contributed by atoms with E-state index in [0.29, 0.717) is 11.1 Å². The Kier molecular flexibility index (Phi) is 7.96. The molecule has 1 amide bonds. The van der Waals surface area contributed by atoms with Crippen molar-refractivity contribution in [1.82, 2.24) is 14.5 Å². The molecule has 12 heteroatoms. The van der Waals surface area contributed by atoms with Gasteiger partial charge in [-0.05, 0) is 35.7 Å². The number of carbonyl (C=O) groups is 1. The first kappa shape index (κ1) is 24.6. The van der Waals surface area contributed by atoms with Crippen LogP contribution in [0.1, 0.15) is 27.9 Å². The number of rotatable bonds is 8. The number of nitrogens with two attached hydrogens (primary N) is 1. The predicted octanol–water partition coefficient (Wildman–Crippen LogP) is 4.11. The van der Waals surface area contributed by atoms with Crippen LogP contribution in [0.4, 0.5) is 20.3 Å². The Bertz CT molecular complexity index is 1210. The molecule has 3 rings (SSSR count). The van der Waals surface area contributed by atoms with Crippen molar-refractivity contribution in [2.45, 2.75) is 25.9 Å². The van der Waals surface area contributed by atoms with Gasteiger partial charge in [0, 0.05) is 19.7 Å². The van der Waals surface area contributed by atoms with Gasteiger partial charge in [-0.15, -0.1) is 0 Å². The minimum absolute atomic E-state index is 0.0757. The van der Waals surface area contributed by atoms with Gasteiger partial charge in [0.2, 0.25) is 6.43 Å². The van der Waals surface area contributed by atoms with Crippen molar-refractivity contribution in [3.63, 3.8) is 0 Å². The molecule has 0 fully saturated rings. The average molecular weight is 498 g/mol. The molecule has 0 spiro atoms. The second kappa shape index (κ2) is 10.7. The summed E-state index contributed by atoms with van der Waals surface area (Å²) in [7, 11) is 1.51. The number of ether oxygens (including phenoxy) is 1. The molecular weight excluding hydrogens is 479 g/mol. The second-order valence-corrected chi connectivity index (χ2v) is 7.80. The van der Waals surface area contributed by atoms with E-state index in [1.165, 1.54) is 25.6 Å². The number of hydrogen-bond donors (Lipinski definition) is 2. The number of nitrogens with zero attached hydrogens (tertiary/aromatic N) is 3. The SMILES string of the molecule is COCc1cc(Cl)c(-n2cnc(N)c(C(=O)Nc3cncc(CCC(F)F)c3)c2=O)c(Cl)c1. The molecule has 0 saturated heterocycles. The molecule has 8 nitrogen and oxygen atoms in total. The van der Waals surface area contributed by atoms with Gasteiger partial charge in [-0.2, -0.15) is 0 Å².